The van der Waals surface area contributed by atoms with Crippen LogP contribution in [0.2, 0.25) is 0 Å². The number of carbonyl (C=O) groups is 1. The average Bonchev–Trinajstić information content (AvgIpc) is 2.64. The number of piperidine rings is 1. The van der Waals surface area contributed by atoms with Crippen LogP contribution in [0.15, 0.2) is 30.6 Å². The maximum absolute atomic E-state index is 12.3. The van der Waals surface area contributed by atoms with Gasteiger partial charge in [0.05, 0.1) is 5.52 Å². The molecule has 1 N–H and O–H groups in total. The summed E-state index contributed by atoms with van der Waals surface area (Å²) in [4.78, 5) is 25.6. The number of hydrogen-bond acceptors (Lipinski definition) is 5. The standard InChI is InChI=1S/C19H27N5O/c1-23(2)11-5-10-20-19(25)15-8-12-24(13-9-15)18-16-6-3-4-7-17(16)21-14-22-18/h3-4,6-7,14-15H,5,8-13H2,1-2H3,(H,20,25). The van der Waals surface area contributed by atoms with Crippen LogP contribution in [0, 0.1) is 5.92 Å². The van der Waals surface area contributed by atoms with Crippen LogP contribution in [-0.2, 0) is 4.79 Å². The molecular weight excluding hydrogens is 314 g/mol. The second-order valence-corrected chi connectivity index (χ2v) is 6.92. The van der Waals surface area contributed by atoms with Crippen molar-refractivity contribution in [2.24, 2.45) is 5.92 Å². The average molecular weight is 341 g/mol. The van der Waals surface area contributed by atoms with Gasteiger partial charge in [-0.15, -0.1) is 0 Å². The highest BCUT2D eigenvalue weighted by Gasteiger charge is 2.26. The molecule has 6 nitrogen and oxygen atoms in total. The molecule has 1 saturated heterocycles. The van der Waals surface area contributed by atoms with Crippen molar-refractivity contribution in [1.29, 1.82) is 0 Å². The van der Waals surface area contributed by atoms with Crippen LogP contribution in [0.25, 0.3) is 10.9 Å². The Labute approximate surface area is 149 Å². The number of amides is 1. The number of carbonyl (C=O) groups excluding carboxylic acids is 1. The minimum absolute atomic E-state index is 0.115. The Morgan fingerprint density at radius 2 is 2.00 bits per heavy atom. The third-order valence-corrected chi connectivity index (χ3v) is 4.77. The van der Waals surface area contributed by atoms with Crippen molar-refractivity contribution in [3.63, 3.8) is 0 Å². The van der Waals surface area contributed by atoms with Gasteiger partial charge in [-0.3, -0.25) is 4.79 Å². The van der Waals surface area contributed by atoms with E-state index >= 15 is 0 Å². The second-order valence-electron chi connectivity index (χ2n) is 6.92. The van der Waals surface area contributed by atoms with Gasteiger partial charge in [-0.25, -0.2) is 9.97 Å². The van der Waals surface area contributed by atoms with Gasteiger partial charge in [0.1, 0.15) is 12.1 Å². The molecule has 0 unspecified atom stereocenters. The number of para-hydroxylation sites is 1. The molecule has 0 saturated carbocycles. The molecule has 0 aliphatic carbocycles. The molecule has 3 rings (SSSR count). The number of fused-ring (bicyclic) bond motifs is 1. The maximum Gasteiger partial charge on any atom is 0.223 e. The number of nitrogens with one attached hydrogen (secondary N) is 1. The molecule has 2 heterocycles. The Kier molecular flexibility index (Phi) is 5.81. The summed E-state index contributed by atoms with van der Waals surface area (Å²) in [5.41, 5.74) is 0.966. The first-order valence-electron chi connectivity index (χ1n) is 9.02. The molecule has 1 aromatic carbocycles. The number of hydrogen-bond donors (Lipinski definition) is 1. The highest BCUT2D eigenvalue weighted by atomic mass is 16.1. The molecule has 1 aromatic heterocycles. The minimum atomic E-state index is 0.115. The van der Waals surface area contributed by atoms with E-state index in [2.05, 4.69) is 31.2 Å². The van der Waals surface area contributed by atoms with Crippen molar-refractivity contribution in [3.8, 4) is 0 Å². The largest absolute Gasteiger partial charge is 0.356 e. The number of rotatable bonds is 6. The SMILES string of the molecule is CN(C)CCCNC(=O)C1CCN(c2ncnc3ccccc23)CC1. The number of benzene rings is 1. The summed E-state index contributed by atoms with van der Waals surface area (Å²) < 4.78 is 0. The smallest absolute Gasteiger partial charge is 0.223 e. The van der Waals surface area contributed by atoms with Crippen molar-refractivity contribution < 1.29 is 4.79 Å². The maximum atomic E-state index is 12.3. The Morgan fingerprint density at radius 3 is 2.76 bits per heavy atom. The minimum Gasteiger partial charge on any atom is -0.356 e. The van der Waals surface area contributed by atoms with Crippen molar-refractivity contribution in [1.82, 2.24) is 20.2 Å². The molecule has 1 fully saturated rings. The Morgan fingerprint density at radius 1 is 1.24 bits per heavy atom. The summed E-state index contributed by atoms with van der Waals surface area (Å²) in [6.45, 7) is 3.47. The Hall–Kier alpha value is -2.21. The molecule has 1 aliphatic rings. The van der Waals surface area contributed by atoms with Crippen LogP contribution < -0.4 is 10.2 Å². The summed E-state index contributed by atoms with van der Waals surface area (Å²) >= 11 is 0. The van der Waals surface area contributed by atoms with Gasteiger partial charge in [-0.2, -0.15) is 0 Å². The van der Waals surface area contributed by atoms with Gasteiger partial charge >= 0.3 is 0 Å². The first kappa shape index (κ1) is 17.6. The summed E-state index contributed by atoms with van der Waals surface area (Å²) in [5.74, 6) is 1.30. The van der Waals surface area contributed by atoms with E-state index in [0.29, 0.717) is 0 Å². The summed E-state index contributed by atoms with van der Waals surface area (Å²) in [5, 5.41) is 4.16. The van der Waals surface area contributed by atoms with E-state index in [-0.39, 0.29) is 11.8 Å². The van der Waals surface area contributed by atoms with Crippen molar-refractivity contribution in [2.45, 2.75) is 19.3 Å². The first-order valence-corrected chi connectivity index (χ1v) is 9.02. The van der Waals surface area contributed by atoms with Crippen LogP contribution in [0.5, 0.6) is 0 Å². The van der Waals surface area contributed by atoms with E-state index < -0.39 is 0 Å². The highest BCUT2D eigenvalue weighted by molar-refractivity contribution is 5.89. The topological polar surface area (TPSA) is 61.4 Å². The predicted octanol–water partition coefficient (Wildman–Crippen LogP) is 1.91. The van der Waals surface area contributed by atoms with E-state index in [0.717, 1.165) is 62.2 Å². The van der Waals surface area contributed by atoms with Gasteiger partial charge < -0.3 is 15.1 Å². The van der Waals surface area contributed by atoms with Gasteiger partial charge in [-0.1, -0.05) is 12.1 Å². The second kappa shape index (κ2) is 8.25. The predicted molar refractivity (Wildman–Crippen MR) is 101 cm³/mol. The third-order valence-electron chi connectivity index (χ3n) is 4.77. The van der Waals surface area contributed by atoms with E-state index in [4.69, 9.17) is 0 Å². The lowest BCUT2D eigenvalue weighted by atomic mass is 9.95. The first-order chi connectivity index (χ1) is 12.1. The number of nitrogens with zero attached hydrogens (tertiary/aromatic N) is 4. The van der Waals surface area contributed by atoms with Crippen LogP contribution in [0.1, 0.15) is 19.3 Å². The lowest BCUT2D eigenvalue weighted by molar-refractivity contribution is -0.125. The van der Waals surface area contributed by atoms with Gasteiger partial charge in [0.2, 0.25) is 5.91 Å². The van der Waals surface area contributed by atoms with Crippen molar-refractivity contribution >= 4 is 22.6 Å². The molecule has 1 amide bonds. The Bertz CT molecular complexity index is 705. The monoisotopic (exact) mass is 341 g/mol. The molecule has 134 valence electrons. The van der Waals surface area contributed by atoms with E-state index in [1.807, 2.05) is 32.3 Å². The van der Waals surface area contributed by atoms with Crippen LogP contribution in [0.3, 0.4) is 0 Å². The van der Waals surface area contributed by atoms with E-state index in [1.165, 1.54) is 0 Å². The number of anilines is 1. The molecule has 0 spiro atoms. The molecule has 6 heteroatoms. The van der Waals surface area contributed by atoms with Crippen molar-refractivity contribution in [3.05, 3.63) is 30.6 Å². The van der Waals surface area contributed by atoms with Gasteiger partial charge in [-0.05, 0) is 52.0 Å². The summed E-state index contributed by atoms with van der Waals surface area (Å²) in [7, 11) is 4.10. The highest BCUT2D eigenvalue weighted by Crippen LogP contribution is 2.27. The molecule has 0 bridgehead atoms. The lowest BCUT2D eigenvalue weighted by Gasteiger charge is -2.32. The fourth-order valence-electron chi connectivity index (χ4n) is 3.35. The zero-order valence-electron chi connectivity index (χ0n) is 15.1. The molecule has 25 heavy (non-hydrogen) atoms. The molecule has 2 aromatic rings. The molecule has 0 radical (unpaired) electrons. The van der Waals surface area contributed by atoms with E-state index in [9.17, 15) is 4.79 Å². The zero-order valence-corrected chi connectivity index (χ0v) is 15.1. The Balaban J connectivity index is 1.54. The molecule has 0 atom stereocenters. The summed E-state index contributed by atoms with van der Waals surface area (Å²) in [6, 6.07) is 8.08. The van der Waals surface area contributed by atoms with E-state index in [1.54, 1.807) is 6.33 Å². The number of aromatic nitrogens is 2. The van der Waals surface area contributed by atoms with Crippen molar-refractivity contribution in [2.75, 3.05) is 45.2 Å². The van der Waals surface area contributed by atoms with Crippen LogP contribution in [-0.4, -0.2) is 61.0 Å². The van der Waals surface area contributed by atoms with Crippen LogP contribution in [0.4, 0.5) is 5.82 Å². The lowest BCUT2D eigenvalue weighted by Crippen LogP contribution is -2.41. The fraction of sp³-hybridized carbons (Fsp3) is 0.526. The fourth-order valence-corrected chi connectivity index (χ4v) is 3.35. The normalized spacial score (nSPS) is 15.7. The van der Waals surface area contributed by atoms with Crippen LogP contribution >= 0.6 is 0 Å². The third kappa shape index (κ3) is 4.45. The zero-order chi connectivity index (χ0) is 17.6. The van der Waals surface area contributed by atoms with Gasteiger partial charge in [0.15, 0.2) is 0 Å². The summed E-state index contributed by atoms with van der Waals surface area (Å²) in [6.07, 6.45) is 4.36. The van der Waals surface area contributed by atoms with Gasteiger partial charge in [0.25, 0.3) is 0 Å². The molecule has 1 aliphatic heterocycles. The quantitative estimate of drug-likeness (QED) is 0.814. The molecular formula is C19H27N5O. The van der Waals surface area contributed by atoms with Gasteiger partial charge in [0, 0.05) is 30.9 Å².